The molecule has 2 aromatic rings. The fourth-order valence-electron chi connectivity index (χ4n) is 2.94. The van der Waals surface area contributed by atoms with Crippen molar-refractivity contribution in [3.63, 3.8) is 0 Å². The van der Waals surface area contributed by atoms with E-state index >= 15 is 0 Å². The molecular formula is C20H24N2O3. The van der Waals surface area contributed by atoms with Crippen LogP contribution in [0.1, 0.15) is 17.2 Å². The molecule has 5 heteroatoms. The molecule has 3 rings (SSSR count). The Balaban J connectivity index is 1.56. The van der Waals surface area contributed by atoms with Gasteiger partial charge in [0.15, 0.2) is 6.61 Å². The molecule has 1 atom stereocenters. The highest BCUT2D eigenvalue weighted by molar-refractivity contribution is 5.77. The molecule has 1 heterocycles. The van der Waals surface area contributed by atoms with E-state index in [1.807, 2.05) is 50.5 Å². The van der Waals surface area contributed by atoms with Crippen molar-refractivity contribution in [3.05, 3.63) is 59.7 Å². The maximum atomic E-state index is 12.1. The highest BCUT2D eigenvalue weighted by Crippen LogP contribution is 2.29. The summed E-state index contributed by atoms with van der Waals surface area (Å²) in [7, 11) is 4.03. The highest BCUT2D eigenvalue weighted by Gasteiger charge is 2.19. The van der Waals surface area contributed by atoms with Crippen LogP contribution >= 0.6 is 0 Å². The number of nitrogens with one attached hydrogen (secondary N) is 1. The highest BCUT2D eigenvalue weighted by atomic mass is 16.5. The number of hydrogen-bond acceptors (Lipinski definition) is 4. The number of carbonyl (C=O) groups is 1. The molecule has 1 N–H and O–H groups in total. The monoisotopic (exact) mass is 340 g/mol. The molecule has 25 heavy (non-hydrogen) atoms. The summed E-state index contributed by atoms with van der Waals surface area (Å²) in [5.74, 6) is 1.54. The number of para-hydroxylation sites is 1. The number of fused-ring (bicyclic) bond motifs is 1. The molecular weight excluding hydrogens is 316 g/mol. The van der Waals surface area contributed by atoms with Crippen molar-refractivity contribution in [1.29, 1.82) is 0 Å². The molecule has 1 aliphatic heterocycles. The van der Waals surface area contributed by atoms with Gasteiger partial charge >= 0.3 is 0 Å². The normalized spacial score (nSPS) is 13.9. The van der Waals surface area contributed by atoms with Gasteiger partial charge in [-0.1, -0.05) is 30.3 Å². The van der Waals surface area contributed by atoms with Gasteiger partial charge in [0.1, 0.15) is 11.5 Å². The van der Waals surface area contributed by atoms with Crippen molar-refractivity contribution >= 4 is 5.91 Å². The van der Waals surface area contributed by atoms with Crippen molar-refractivity contribution in [2.24, 2.45) is 0 Å². The molecule has 0 bridgehead atoms. The second-order valence-electron chi connectivity index (χ2n) is 6.35. The minimum absolute atomic E-state index is 0.0161. The molecule has 1 aliphatic rings. The first-order valence-corrected chi connectivity index (χ1v) is 8.50. The number of ether oxygens (including phenoxy) is 2. The maximum absolute atomic E-state index is 12.1. The van der Waals surface area contributed by atoms with E-state index in [1.54, 1.807) is 0 Å². The lowest BCUT2D eigenvalue weighted by molar-refractivity contribution is -0.123. The zero-order valence-corrected chi connectivity index (χ0v) is 14.7. The third-order valence-electron chi connectivity index (χ3n) is 4.33. The van der Waals surface area contributed by atoms with Crippen LogP contribution in [-0.2, 0) is 11.2 Å². The Morgan fingerprint density at radius 2 is 2.04 bits per heavy atom. The van der Waals surface area contributed by atoms with Gasteiger partial charge in [-0.3, -0.25) is 4.79 Å². The smallest absolute Gasteiger partial charge is 0.258 e. The fourth-order valence-corrected chi connectivity index (χ4v) is 2.94. The van der Waals surface area contributed by atoms with Gasteiger partial charge in [0.2, 0.25) is 0 Å². The summed E-state index contributed by atoms with van der Waals surface area (Å²) in [6, 6.07) is 15.7. The van der Waals surface area contributed by atoms with Crippen molar-refractivity contribution < 1.29 is 14.3 Å². The van der Waals surface area contributed by atoms with Crippen LogP contribution in [0.15, 0.2) is 48.5 Å². The van der Waals surface area contributed by atoms with E-state index in [-0.39, 0.29) is 18.6 Å². The number of amides is 1. The lowest BCUT2D eigenvalue weighted by Gasteiger charge is -2.25. The lowest BCUT2D eigenvalue weighted by Crippen LogP contribution is -2.36. The molecule has 132 valence electrons. The van der Waals surface area contributed by atoms with Crippen molar-refractivity contribution in [3.8, 4) is 11.5 Å². The SMILES string of the molecule is CN(C)C(CNC(=O)COc1ccccc1)c1ccc2c(c1)CCO2. The minimum atomic E-state index is -0.125. The Labute approximate surface area is 148 Å². The number of benzene rings is 2. The molecule has 0 spiro atoms. The number of hydrogen-bond donors (Lipinski definition) is 1. The van der Waals surface area contributed by atoms with E-state index in [2.05, 4.69) is 22.3 Å². The van der Waals surface area contributed by atoms with Gasteiger partial charge in [-0.15, -0.1) is 0 Å². The van der Waals surface area contributed by atoms with Gasteiger partial charge in [0, 0.05) is 13.0 Å². The Bertz CT molecular complexity index is 716. The van der Waals surface area contributed by atoms with E-state index in [9.17, 15) is 4.79 Å². The largest absolute Gasteiger partial charge is 0.493 e. The van der Waals surface area contributed by atoms with Gasteiger partial charge in [-0.2, -0.15) is 0 Å². The van der Waals surface area contributed by atoms with Gasteiger partial charge in [0.25, 0.3) is 5.91 Å². The summed E-state index contributed by atoms with van der Waals surface area (Å²) in [6.45, 7) is 1.30. The molecule has 0 saturated heterocycles. The second kappa shape index (κ2) is 8.03. The minimum Gasteiger partial charge on any atom is -0.493 e. The molecule has 0 saturated carbocycles. The van der Waals surface area contributed by atoms with Crippen LogP contribution in [0.5, 0.6) is 11.5 Å². The first-order valence-electron chi connectivity index (χ1n) is 8.50. The van der Waals surface area contributed by atoms with E-state index in [4.69, 9.17) is 9.47 Å². The van der Waals surface area contributed by atoms with E-state index in [1.165, 1.54) is 11.1 Å². The summed E-state index contributed by atoms with van der Waals surface area (Å²) in [6.07, 6.45) is 0.945. The molecule has 0 fully saturated rings. The van der Waals surface area contributed by atoms with Crippen LogP contribution in [0.4, 0.5) is 0 Å². The molecule has 0 aliphatic carbocycles. The number of carbonyl (C=O) groups excluding carboxylic acids is 1. The topological polar surface area (TPSA) is 50.8 Å². The van der Waals surface area contributed by atoms with E-state index in [0.29, 0.717) is 12.3 Å². The first-order chi connectivity index (χ1) is 12.1. The van der Waals surface area contributed by atoms with Crippen LogP contribution in [0, 0.1) is 0 Å². The first kappa shape index (κ1) is 17.3. The predicted molar refractivity (Wildman–Crippen MR) is 97.0 cm³/mol. The van der Waals surface area contributed by atoms with Crippen LogP contribution in [0.25, 0.3) is 0 Å². The quantitative estimate of drug-likeness (QED) is 0.841. The van der Waals surface area contributed by atoms with Gasteiger partial charge in [-0.25, -0.2) is 0 Å². The van der Waals surface area contributed by atoms with Crippen LogP contribution in [0.2, 0.25) is 0 Å². The average Bonchev–Trinajstić information content (AvgIpc) is 3.08. The third kappa shape index (κ3) is 4.51. The fraction of sp³-hybridized carbons (Fsp3) is 0.350. The lowest BCUT2D eigenvalue weighted by atomic mass is 10.0. The average molecular weight is 340 g/mol. The Hall–Kier alpha value is -2.53. The molecule has 5 nitrogen and oxygen atoms in total. The zero-order valence-electron chi connectivity index (χ0n) is 14.7. The Kier molecular flexibility index (Phi) is 5.56. The standard InChI is InChI=1S/C20H24N2O3/c1-22(2)18(15-8-9-19-16(12-15)10-11-24-19)13-21-20(23)14-25-17-6-4-3-5-7-17/h3-9,12,18H,10-11,13-14H2,1-2H3,(H,21,23). The second-order valence-corrected chi connectivity index (χ2v) is 6.35. The van der Waals surface area contributed by atoms with Crippen LogP contribution in [0.3, 0.4) is 0 Å². The summed E-state index contributed by atoms with van der Waals surface area (Å²) < 4.78 is 11.1. The molecule has 0 radical (unpaired) electrons. The van der Waals surface area contributed by atoms with E-state index in [0.717, 1.165) is 18.8 Å². The summed E-state index contributed by atoms with van der Waals surface area (Å²) in [4.78, 5) is 14.2. The van der Waals surface area contributed by atoms with Gasteiger partial charge in [-0.05, 0) is 43.4 Å². The summed E-state index contributed by atoms with van der Waals surface area (Å²) in [5, 5.41) is 2.96. The molecule has 1 amide bonds. The molecule has 0 aromatic heterocycles. The zero-order chi connectivity index (χ0) is 17.6. The van der Waals surface area contributed by atoms with Crippen molar-refractivity contribution in [2.75, 3.05) is 33.9 Å². The number of rotatable bonds is 7. The van der Waals surface area contributed by atoms with E-state index < -0.39 is 0 Å². The Morgan fingerprint density at radius 3 is 2.80 bits per heavy atom. The van der Waals surface area contributed by atoms with Crippen LogP contribution in [-0.4, -0.2) is 44.7 Å². The molecule has 2 aromatic carbocycles. The van der Waals surface area contributed by atoms with Gasteiger partial charge in [0.05, 0.1) is 12.6 Å². The van der Waals surface area contributed by atoms with Gasteiger partial charge < -0.3 is 19.7 Å². The molecule has 1 unspecified atom stereocenters. The third-order valence-corrected chi connectivity index (χ3v) is 4.33. The predicted octanol–water partition coefficient (Wildman–Crippen LogP) is 2.42. The maximum Gasteiger partial charge on any atom is 0.258 e. The number of likely N-dealkylation sites (N-methyl/N-ethyl adjacent to an activating group) is 1. The van der Waals surface area contributed by atoms with Crippen LogP contribution < -0.4 is 14.8 Å². The number of nitrogens with zero attached hydrogens (tertiary/aromatic N) is 1. The summed E-state index contributed by atoms with van der Waals surface area (Å²) in [5.41, 5.74) is 2.42. The Morgan fingerprint density at radius 1 is 1.24 bits per heavy atom. The summed E-state index contributed by atoms with van der Waals surface area (Å²) >= 11 is 0. The van der Waals surface area contributed by atoms with Crippen molar-refractivity contribution in [2.45, 2.75) is 12.5 Å². The van der Waals surface area contributed by atoms with Crippen molar-refractivity contribution in [1.82, 2.24) is 10.2 Å².